The van der Waals surface area contributed by atoms with Crippen LogP contribution in [0.4, 0.5) is 0 Å². The number of nitrogens with two attached hydrogens (primary N) is 2. The number of esters is 3. The summed E-state index contributed by atoms with van der Waals surface area (Å²) in [5.41, 5.74) is 11.9. The lowest BCUT2D eigenvalue weighted by molar-refractivity contribution is -0.163. The van der Waals surface area contributed by atoms with Crippen molar-refractivity contribution < 1.29 is 76.9 Å². The van der Waals surface area contributed by atoms with Gasteiger partial charge in [-0.1, -0.05) is 68.4 Å². The Bertz CT molecular complexity index is 2510. The maximum atomic E-state index is 15.0. The highest BCUT2D eigenvalue weighted by Gasteiger charge is 2.46. The zero-order valence-electron chi connectivity index (χ0n) is 53.8. The number of nitrogens with one attached hydrogen (secondary N) is 5. The van der Waals surface area contributed by atoms with Crippen molar-refractivity contribution >= 4 is 71.1 Å². The van der Waals surface area contributed by atoms with Crippen molar-refractivity contribution in [2.24, 2.45) is 35.1 Å². The average molecular weight is 1240 g/mol. The molecule has 0 saturated carbocycles. The molecule has 0 radical (unpaired) electrons. The highest BCUT2D eigenvalue weighted by atomic mass is 16.6. The number of likely N-dealkylation sites (N-methyl/N-ethyl adjacent to an activating group) is 2. The number of allylic oxidation sites excluding steroid dienone is 1. The molecule has 4 rings (SSSR count). The van der Waals surface area contributed by atoms with E-state index in [2.05, 4.69) is 33.2 Å². The van der Waals surface area contributed by atoms with Crippen LogP contribution in [0.3, 0.4) is 0 Å². The van der Waals surface area contributed by atoms with Crippen LogP contribution < -0.4 is 38.1 Å². The molecule has 1 unspecified atom stereocenters. The second-order valence-electron chi connectivity index (χ2n) is 25.4. The van der Waals surface area contributed by atoms with E-state index in [1.54, 1.807) is 41.5 Å². The summed E-state index contributed by atoms with van der Waals surface area (Å²) in [6.07, 6.45) is -3.84. The fraction of sp³-hybridized carbons (Fsp3) is 0.770. The first-order valence-corrected chi connectivity index (χ1v) is 31.4. The number of carbonyl (C=O) groups excluding carboxylic acids is 12. The van der Waals surface area contributed by atoms with Crippen LogP contribution in [0, 0.1) is 23.7 Å². The molecule has 0 spiro atoms. The SMILES string of the molecule is C=C1CCC(C(=O)N[C@H](CCC(N)=O)C(=O)O[C@@H](C)C(=O)N2CCC[C@H]2C(=O)N(C)[C@H](CC(C)C)C(=O)N[C@H]2C(=O)N[C@@H]([C@@H](C)CC)[C@@H](O)CC(=O)O[C@@H](C(C)C)C(=O)N[C@@H](CC(C)C)C(=O)N3CCC[C@H]3C(=O)N(C)[C@@H](CCCCN)C(=O)O[C@H]2C)N1. The summed E-state index contributed by atoms with van der Waals surface area (Å²) in [5, 5.41) is 25.7. The third kappa shape index (κ3) is 20.3. The maximum absolute atomic E-state index is 15.0. The molecule has 27 heteroatoms. The largest absolute Gasteiger partial charge is 0.458 e. The number of aliphatic hydroxyl groups is 1. The Kier molecular flexibility index (Phi) is 28.6. The van der Waals surface area contributed by atoms with Gasteiger partial charge in [0.2, 0.25) is 41.4 Å². The molecule has 0 aromatic carbocycles. The van der Waals surface area contributed by atoms with Crippen molar-refractivity contribution in [2.45, 2.75) is 244 Å². The first kappa shape index (κ1) is 73.6. The maximum Gasteiger partial charge on any atom is 0.329 e. The molecule has 4 fully saturated rings. The highest BCUT2D eigenvalue weighted by Crippen LogP contribution is 2.27. The fourth-order valence-electron chi connectivity index (χ4n) is 11.7. The molecule has 9 amide bonds. The Morgan fingerprint density at radius 3 is 2.14 bits per heavy atom. The van der Waals surface area contributed by atoms with Crippen molar-refractivity contribution in [2.75, 3.05) is 33.7 Å². The van der Waals surface area contributed by atoms with Crippen molar-refractivity contribution in [3.63, 3.8) is 0 Å². The van der Waals surface area contributed by atoms with Crippen molar-refractivity contribution in [3.8, 4) is 0 Å². The molecule has 27 nitrogen and oxygen atoms in total. The number of cyclic esters (lactones) is 2. The number of unbranched alkanes of at least 4 members (excludes halogenated alkanes) is 1. The van der Waals surface area contributed by atoms with Gasteiger partial charge in [0.1, 0.15) is 54.4 Å². The lowest BCUT2D eigenvalue weighted by atomic mass is 9.92. The van der Waals surface area contributed by atoms with Crippen LogP contribution in [0.2, 0.25) is 0 Å². The predicted octanol–water partition coefficient (Wildman–Crippen LogP) is 0.556. The molecule has 4 aliphatic rings. The number of fused-ring (bicyclic) bond motifs is 1. The molecular weight excluding hydrogens is 1140 g/mol. The van der Waals surface area contributed by atoms with E-state index in [1.807, 2.05) is 13.8 Å². The molecule has 0 aromatic rings. The van der Waals surface area contributed by atoms with E-state index in [0.29, 0.717) is 50.6 Å². The summed E-state index contributed by atoms with van der Waals surface area (Å²) in [6, 6.07) is -11.0. The van der Waals surface area contributed by atoms with Crippen molar-refractivity contribution in [1.82, 2.24) is 46.2 Å². The second-order valence-corrected chi connectivity index (χ2v) is 25.4. The molecule has 10 N–H and O–H groups in total. The minimum absolute atomic E-state index is 0.00883. The van der Waals surface area contributed by atoms with Crippen LogP contribution in [0.5, 0.6) is 0 Å². The lowest BCUT2D eigenvalue weighted by Crippen LogP contribution is -2.62. The zero-order chi connectivity index (χ0) is 66.0. The van der Waals surface area contributed by atoms with Gasteiger partial charge in [0.05, 0.1) is 18.6 Å². The van der Waals surface area contributed by atoms with E-state index in [9.17, 15) is 53.1 Å². The summed E-state index contributed by atoms with van der Waals surface area (Å²) < 4.78 is 17.4. The number of hydrogen-bond acceptors (Lipinski definition) is 18. The molecule has 0 bridgehead atoms. The first-order chi connectivity index (χ1) is 41.3. The first-order valence-electron chi connectivity index (χ1n) is 31.4. The van der Waals surface area contributed by atoms with Crippen molar-refractivity contribution in [1.29, 1.82) is 0 Å². The normalized spacial score (nSPS) is 26.8. The smallest absolute Gasteiger partial charge is 0.329 e. The van der Waals surface area contributed by atoms with E-state index in [4.69, 9.17) is 25.7 Å². The summed E-state index contributed by atoms with van der Waals surface area (Å²) in [5.74, 6) is -11.0. The number of amides is 9. The number of nitrogens with zero attached hydrogens (tertiary/aromatic N) is 4. The summed E-state index contributed by atoms with van der Waals surface area (Å²) >= 11 is 0. The van der Waals surface area contributed by atoms with Gasteiger partial charge in [0.15, 0.2) is 12.2 Å². The van der Waals surface area contributed by atoms with E-state index in [1.165, 1.54) is 42.6 Å². The van der Waals surface area contributed by atoms with E-state index >= 15 is 9.59 Å². The minimum atomic E-state index is -1.78. The molecule has 4 saturated heterocycles. The molecule has 0 aromatic heterocycles. The van der Waals surface area contributed by atoms with Crippen LogP contribution in [0.25, 0.3) is 0 Å². The monoisotopic (exact) mass is 1240 g/mol. The fourth-order valence-corrected chi connectivity index (χ4v) is 11.7. The van der Waals surface area contributed by atoms with E-state index in [0.717, 1.165) is 4.90 Å². The van der Waals surface area contributed by atoms with Crippen LogP contribution in [0.15, 0.2) is 12.3 Å². The number of carbonyl (C=O) groups is 12. The van der Waals surface area contributed by atoms with Gasteiger partial charge in [-0.25, -0.2) is 9.59 Å². The summed E-state index contributed by atoms with van der Waals surface area (Å²) in [6.45, 7) is 21.1. The average Bonchev–Trinajstić information content (AvgIpc) is 4.38. The van der Waals surface area contributed by atoms with Gasteiger partial charge in [-0.05, 0) is 121 Å². The third-order valence-corrected chi connectivity index (χ3v) is 17.0. The van der Waals surface area contributed by atoms with Crippen molar-refractivity contribution in [3.05, 3.63) is 12.3 Å². The molecule has 4 aliphatic heterocycles. The lowest BCUT2D eigenvalue weighted by Gasteiger charge is -2.36. The van der Waals surface area contributed by atoms with Gasteiger partial charge in [0.25, 0.3) is 11.8 Å². The number of likely N-dealkylation sites (tertiary alicyclic amines) is 1. The molecule has 14 atom stereocenters. The van der Waals surface area contributed by atoms with Gasteiger partial charge < -0.3 is 77.0 Å². The Morgan fingerprint density at radius 1 is 0.875 bits per heavy atom. The molecule has 88 heavy (non-hydrogen) atoms. The van der Waals surface area contributed by atoms with E-state index < -0.39 is 168 Å². The zero-order valence-corrected chi connectivity index (χ0v) is 53.8. The number of rotatable bonds is 23. The van der Waals surface area contributed by atoms with Gasteiger partial charge in [0, 0.05) is 39.3 Å². The Labute approximate surface area is 517 Å². The number of ether oxygens (including phenoxy) is 3. The Balaban J connectivity index is 1.73. The highest BCUT2D eigenvalue weighted by molar-refractivity contribution is 5.97. The van der Waals surface area contributed by atoms with Crippen LogP contribution in [-0.2, 0) is 71.7 Å². The molecule has 4 heterocycles. The van der Waals surface area contributed by atoms with Gasteiger partial charge in [-0.3, -0.25) is 47.9 Å². The van der Waals surface area contributed by atoms with Crippen LogP contribution in [-0.4, -0.2) is 208 Å². The van der Waals surface area contributed by atoms with E-state index in [-0.39, 0.29) is 76.4 Å². The molecular formula is C61H101N11O16. The predicted molar refractivity (Wildman–Crippen MR) is 322 cm³/mol. The van der Waals surface area contributed by atoms with Crippen LogP contribution in [0.1, 0.15) is 166 Å². The third-order valence-electron chi connectivity index (χ3n) is 17.0. The van der Waals surface area contributed by atoms with Gasteiger partial charge >= 0.3 is 17.9 Å². The Hall–Kier alpha value is -6.90. The number of aliphatic hydroxyl groups excluding tert-OH is 1. The molecule has 496 valence electrons. The molecule has 0 aliphatic carbocycles. The van der Waals surface area contributed by atoms with Gasteiger partial charge in [-0.2, -0.15) is 0 Å². The quantitative estimate of drug-likeness (QED) is 0.0393. The minimum Gasteiger partial charge on any atom is -0.458 e. The number of hydrogen-bond donors (Lipinski definition) is 8. The standard InChI is InChI=1S/C61H101N11O16/c1-14-35(8)49-46(73)31-48(75)88-51(34(6)7)55(79)66-41(29-32(2)3)57(81)72-28-18-21-43(72)58(82)69(12)44(19-15-16-26-62)61(85)86-37(10)50(54(78)67-49)68-53(77)45(30-33(4)5)70(13)59(83)42-20-17-27-71(42)56(80)38(11)87-60(84)40(24-25-47(63)74)65-52(76)39-23-22-36(9)64-39/h32-35,37-46,49-51,64,73H,9,14-31,62H2,1-8,10-13H3,(H2,63,74)(H,65,76)(H,66,79)(H,67,78)(H,68,77)/t35-,37-,38-,39?,40+,41-,42-,43-,44-,45+,46-,49-,50+,51-/m0/s1. The Morgan fingerprint density at radius 2 is 1.55 bits per heavy atom. The topological polar surface area (TPSA) is 378 Å². The summed E-state index contributed by atoms with van der Waals surface area (Å²) in [4.78, 5) is 174. The van der Waals surface area contributed by atoms with Crippen LogP contribution >= 0.6 is 0 Å². The number of primary amides is 1. The second kappa shape index (κ2) is 34.2. The summed E-state index contributed by atoms with van der Waals surface area (Å²) in [7, 11) is 2.77. The van der Waals surface area contributed by atoms with Gasteiger partial charge in [-0.15, -0.1) is 0 Å².